The Balaban J connectivity index is 1.46. The average Bonchev–Trinajstić information content (AvgIpc) is 2.81. The lowest BCUT2D eigenvalue weighted by Gasteiger charge is -2.50. The highest BCUT2D eigenvalue weighted by atomic mass is 35.5. The molecule has 1 aliphatic carbocycles. The van der Waals surface area contributed by atoms with Crippen LogP contribution in [0.3, 0.4) is 0 Å². The number of rotatable bonds is 4. The van der Waals surface area contributed by atoms with Gasteiger partial charge < -0.3 is 10.2 Å². The Kier molecular flexibility index (Phi) is 5.51. The van der Waals surface area contributed by atoms with Gasteiger partial charge in [-0.25, -0.2) is 19.3 Å². The molecule has 0 radical (unpaired) electrons. The van der Waals surface area contributed by atoms with E-state index in [1.54, 1.807) is 36.8 Å². The molecule has 164 valence electrons. The van der Waals surface area contributed by atoms with Gasteiger partial charge in [-0.1, -0.05) is 23.7 Å². The van der Waals surface area contributed by atoms with Crippen molar-refractivity contribution in [3.63, 3.8) is 0 Å². The van der Waals surface area contributed by atoms with Gasteiger partial charge in [-0.2, -0.15) is 0 Å². The molecule has 6 rings (SSSR count). The van der Waals surface area contributed by atoms with Crippen molar-refractivity contribution in [2.75, 3.05) is 11.9 Å². The molecule has 1 saturated carbocycles. The summed E-state index contributed by atoms with van der Waals surface area (Å²) >= 11 is 6.39. The highest BCUT2D eigenvalue weighted by molar-refractivity contribution is 6.33. The van der Waals surface area contributed by atoms with Crippen molar-refractivity contribution in [1.82, 2.24) is 19.9 Å². The number of hydrogen-bond donors (Lipinski definition) is 1. The molecule has 0 spiro atoms. The number of aromatic nitrogens is 3. The third kappa shape index (κ3) is 3.81. The summed E-state index contributed by atoms with van der Waals surface area (Å²) in [5, 5.41) is 4.01. The van der Waals surface area contributed by atoms with Gasteiger partial charge in [-0.3, -0.25) is 4.79 Å². The van der Waals surface area contributed by atoms with Crippen molar-refractivity contribution in [3.05, 3.63) is 70.9 Å². The first kappa shape index (κ1) is 20.8. The summed E-state index contributed by atoms with van der Waals surface area (Å²) in [6.45, 7) is 2.55. The summed E-state index contributed by atoms with van der Waals surface area (Å²) in [4.78, 5) is 28.4. The molecule has 6 nitrogen and oxygen atoms in total. The van der Waals surface area contributed by atoms with E-state index in [0.29, 0.717) is 34.7 Å². The molecule has 3 aromatic rings. The smallest absolute Gasteiger partial charge is 0.257 e. The second kappa shape index (κ2) is 8.47. The molecule has 3 unspecified atom stereocenters. The van der Waals surface area contributed by atoms with Crippen LogP contribution in [0.5, 0.6) is 0 Å². The number of nitrogens with zero attached hydrogens (tertiary/aromatic N) is 4. The van der Waals surface area contributed by atoms with Crippen LogP contribution < -0.4 is 5.32 Å². The van der Waals surface area contributed by atoms with Crippen molar-refractivity contribution < 1.29 is 9.18 Å². The van der Waals surface area contributed by atoms with Crippen LogP contribution in [0.2, 0.25) is 5.02 Å². The first-order valence-electron chi connectivity index (χ1n) is 10.8. The largest absolute Gasteiger partial charge is 0.364 e. The van der Waals surface area contributed by atoms with Crippen LogP contribution >= 0.6 is 11.6 Å². The summed E-state index contributed by atoms with van der Waals surface area (Å²) in [6.07, 6.45) is 7.76. The normalized spacial score (nSPS) is 22.1. The maximum absolute atomic E-state index is 15.0. The Morgan fingerprint density at radius 1 is 1.19 bits per heavy atom. The van der Waals surface area contributed by atoms with Gasteiger partial charge in [-0.05, 0) is 55.9 Å². The minimum absolute atomic E-state index is 0.00218. The standard InChI is InChI=1S/C24H23ClFN5O/c1-14-10-17(25)23(29-12-14)30-19-11-15-6-7-20(19)31(13-15)24(32)21-16(4-2-5-18(21)26)22-27-8-3-9-28-22/h2-5,8-10,12,15,19-20H,6-7,11,13H2,1H3,(H,29,30). The number of nitrogens with one attached hydrogen (secondary N) is 1. The molecule has 2 aliphatic heterocycles. The van der Waals surface area contributed by atoms with Crippen LogP contribution in [0.4, 0.5) is 10.2 Å². The number of amides is 1. The molecule has 4 heterocycles. The van der Waals surface area contributed by atoms with E-state index in [4.69, 9.17) is 11.6 Å². The number of fused-ring (bicyclic) bond motifs is 3. The van der Waals surface area contributed by atoms with Gasteiger partial charge in [0.25, 0.3) is 5.91 Å². The topological polar surface area (TPSA) is 71.0 Å². The number of benzene rings is 1. The minimum Gasteiger partial charge on any atom is -0.364 e. The SMILES string of the molecule is Cc1cnc(NC2CC3CCC2N(C(=O)c2c(F)cccc2-c2ncccn2)C3)c(Cl)c1. The Hall–Kier alpha value is -3.06. The number of pyridine rings is 1. The highest BCUT2D eigenvalue weighted by Crippen LogP contribution is 2.39. The fraction of sp³-hybridized carbons (Fsp3) is 0.333. The molecule has 3 fully saturated rings. The molecule has 2 bridgehead atoms. The van der Waals surface area contributed by atoms with E-state index in [2.05, 4.69) is 20.3 Å². The number of carbonyl (C=O) groups excluding carboxylic acids is 1. The van der Waals surface area contributed by atoms with Gasteiger partial charge in [0.15, 0.2) is 5.82 Å². The van der Waals surface area contributed by atoms with Crippen LogP contribution in [0.25, 0.3) is 11.4 Å². The second-order valence-corrected chi connectivity index (χ2v) is 8.94. The van der Waals surface area contributed by atoms with Crippen molar-refractivity contribution in [2.24, 2.45) is 5.92 Å². The first-order chi connectivity index (χ1) is 15.5. The zero-order valence-electron chi connectivity index (χ0n) is 17.6. The zero-order chi connectivity index (χ0) is 22.2. The molecule has 1 aromatic carbocycles. The molecule has 8 heteroatoms. The summed E-state index contributed by atoms with van der Waals surface area (Å²) in [6, 6.07) is 8.07. The number of aryl methyl sites for hydroxylation is 1. The maximum atomic E-state index is 15.0. The molecular formula is C24H23ClFN5O. The zero-order valence-corrected chi connectivity index (χ0v) is 18.4. The van der Waals surface area contributed by atoms with Crippen molar-refractivity contribution in [2.45, 2.75) is 38.3 Å². The molecule has 1 N–H and O–H groups in total. The minimum atomic E-state index is -0.561. The molecule has 1 amide bonds. The molecule has 2 aromatic heterocycles. The number of carbonyl (C=O) groups is 1. The van der Waals surface area contributed by atoms with Crippen molar-refractivity contribution >= 4 is 23.3 Å². The highest BCUT2D eigenvalue weighted by Gasteiger charge is 2.44. The van der Waals surface area contributed by atoms with E-state index in [1.807, 2.05) is 17.9 Å². The Labute approximate surface area is 190 Å². The van der Waals surface area contributed by atoms with Gasteiger partial charge in [0.05, 0.1) is 16.6 Å². The van der Waals surface area contributed by atoms with Crippen molar-refractivity contribution in [1.29, 1.82) is 0 Å². The number of halogens is 2. The quantitative estimate of drug-likeness (QED) is 0.620. The van der Waals surface area contributed by atoms with Crippen LogP contribution in [-0.2, 0) is 0 Å². The van der Waals surface area contributed by atoms with E-state index in [0.717, 1.165) is 24.8 Å². The molecule has 3 atom stereocenters. The Morgan fingerprint density at radius 3 is 2.75 bits per heavy atom. The third-order valence-electron chi connectivity index (χ3n) is 6.37. The lowest BCUT2D eigenvalue weighted by molar-refractivity contribution is 0.0278. The van der Waals surface area contributed by atoms with Gasteiger partial charge in [-0.15, -0.1) is 0 Å². The molecule has 3 aliphatic rings. The molecule has 32 heavy (non-hydrogen) atoms. The number of hydrogen-bond acceptors (Lipinski definition) is 5. The second-order valence-electron chi connectivity index (χ2n) is 8.53. The van der Waals surface area contributed by atoms with Gasteiger partial charge in [0.1, 0.15) is 11.6 Å². The van der Waals surface area contributed by atoms with Crippen LogP contribution in [0.15, 0.2) is 48.9 Å². The Bertz CT molecular complexity index is 1160. The fourth-order valence-electron chi connectivity index (χ4n) is 4.91. The van der Waals surface area contributed by atoms with Crippen LogP contribution in [0, 0.1) is 18.7 Å². The van der Waals surface area contributed by atoms with Gasteiger partial charge in [0.2, 0.25) is 0 Å². The van der Waals surface area contributed by atoms with E-state index < -0.39 is 5.82 Å². The van der Waals surface area contributed by atoms with Crippen molar-refractivity contribution in [3.8, 4) is 11.4 Å². The number of anilines is 1. The van der Waals surface area contributed by atoms with E-state index in [9.17, 15) is 9.18 Å². The predicted molar refractivity (Wildman–Crippen MR) is 121 cm³/mol. The lowest BCUT2D eigenvalue weighted by Crippen LogP contribution is -2.60. The van der Waals surface area contributed by atoms with E-state index >= 15 is 0 Å². The average molecular weight is 452 g/mol. The predicted octanol–water partition coefficient (Wildman–Crippen LogP) is 4.74. The van der Waals surface area contributed by atoms with Crippen LogP contribution in [-0.4, -0.2) is 44.4 Å². The Morgan fingerprint density at radius 2 is 2.00 bits per heavy atom. The lowest BCUT2D eigenvalue weighted by atomic mass is 9.76. The monoisotopic (exact) mass is 451 g/mol. The van der Waals surface area contributed by atoms with E-state index in [-0.39, 0.29) is 23.6 Å². The molecule has 2 saturated heterocycles. The van der Waals surface area contributed by atoms with Crippen LogP contribution in [0.1, 0.15) is 35.2 Å². The third-order valence-corrected chi connectivity index (χ3v) is 6.66. The van der Waals surface area contributed by atoms with E-state index in [1.165, 1.54) is 6.07 Å². The molecular weight excluding hydrogens is 429 g/mol. The summed E-state index contributed by atoms with van der Waals surface area (Å²) < 4.78 is 15.0. The van der Waals surface area contributed by atoms with Gasteiger partial charge >= 0.3 is 0 Å². The summed E-state index contributed by atoms with van der Waals surface area (Å²) in [7, 11) is 0. The summed E-state index contributed by atoms with van der Waals surface area (Å²) in [5.74, 6) is 0.409. The van der Waals surface area contributed by atoms with Gasteiger partial charge in [0, 0.05) is 36.7 Å². The maximum Gasteiger partial charge on any atom is 0.257 e. The fourth-order valence-corrected chi connectivity index (χ4v) is 5.18. The number of piperidine rings is 2. The first-order valence-corrected chi connectivity index (χ1v) is 11.1. The summed E-state index contributed by atoms with van der Waals surface area (Å²) in [5.41, 5.74) is 1.42.